The van der Waals surface area contributed by atoms with Crippen molar-refractivity contribution in [2.24, 2.45) is 23.5 Å². The van der Waals surface area contributed by atoms with Crippen molar-refractivity contribution < 1.29 is 0 Å². The summed E-state index contributed by atoms with van der Waals surface area (Å²) in [7, 11) is 0. The molecule has 2 saturated carbocycles. The molecule has 13 heavy (non-hydrogen) atoms. The van der Waals surface area contributed by atoms with Crippen molar-refractivity contribution in [3.8, 4) is 0 Å². The molecule has 0 amide bonds. The van der Waals surface area contributed by atoms with Gasteiger partial charge in [-0.25, -0.2) is 0 Å². The van der Waals surface area contributed by atoms with Gasteiger partial charge in [0, 0.05) is 5.54 Å². The SMILES string of the molecule is CC(C)CC1CC1(N)CC1CCC1. The summed E-state index contributed by atoms with van der Waals surface area (Å²) in [5, 5.41) is 0. The van der Waals surface area contributed by atoms with Gasteiger partial charge in [0.2, 0.25) is 0 Å². The second-order valence-corrected chi connectivity index (χ2v) is 5.76. The van der Waals surface area contributed by atoms with E-state index in [0.717, 1.165) is 17.8 Å². The average Bonchev–Trinajstić information content (AvgIpc) is 2.53. The van der Waals surface area contributed by atoms with Gasteiger partial charge in [-0.3, -0.25) is 0 Å². The van der Waals surface area contributed by atoms with Crippen molar-refractivity contribution in [2.75, 3.05) is 0 Å². The first-order valence-corrected chi connectivity index (χ1v) is 5.89. The van der Waals surface area contributed by atoms with Crippen LogP contribution in [0.5, 0.6) is 0 Å². The molecule has 2 fully saturated rings. The molecular weight excluding hydrogens is 158 g/mol. The highest BCUT2D eigenvalue weighted by Gasteiger charge is 2.51. The molecule has 0 aliphatic heterocycles. The lowest BCUT2D eigenvalue weighted by molar-refractivity contribution is 0.260. The predicted molar refractivity (Wildman–Crippen MR) is 56.4 cm³/mol. The van der Waals surface area contributed by atoms with Crippen molar-refractivity contribution in [3.05, 3.63) is 0 Å². The molecule has 0 aromatic rings. The van der Waals surface area contributed by atoms with Gasteiger partial charge in [-0.2, -0.15) is 0 Å². The van der Waals surface area contributed by atoms with E-state index in [2.05, 4.69) is 13.8 Å². The van der Waals surface area contributed by atoms with Gasteiger partial charge in [-0.15, -0.1) is 0 Å². The molecular formula is C12H23N. The van der Waals surface area contributed by atoms with E-state index in [9.17, 15) is 0 Å². The third kappa shape index (κ3) is 2.07. The summed E-state index contributed by atoms with van der Waals surface area (Å²) in [5.41, 5.74) is 6.62. The Bertz CT molecular complexity index is 184. The van der Waals surface area contributed by atoms with E-state index in [1.165, 1.54) is 38.5 Å². The third-order valence-electron chi connectivity index (χ3n) is 3.93. The van der Waals surface area contributed by atoms with E-state index in [1.807, 2.05) is 0 Å². The summed E-state index contributed by atoms with van der Waals surface area (Å²) in [6.45, 7) is 4.62. The Morgan fingerprint density at radius 1 is 1.38 bits per heavy atom. The number of nitrogens with two attached hydrogens (primary N) is 1. The van der Waals surface area contributed by atoms with Crippen molar-refractivity contribution in [1.29, 1.82) is 0 Å². The van der Waals surface area contributed by atoms with E-state index in [-0.39, 0.29) is 5.54 Å². The number of hydrogen-bond acceptors (Lipinski definition) is 1. The summed E-state index contributed by atoms with van der Waals surface area (Å²) in [4.78, 5) is 0. The molecule has 1 heteroatoms. The van der Waals surface area contributed by atoms with Crippen LogP contribution in [0.3, 0.4) is 0 Å². The Kier molecular flexibility index (Phi) is 2.39. The molecule has 76 valence electrons. The first-order valence-electron chi connectivity index (χ1n) is 5.89. The molecule has 0 bridgehead atoms. The Labute approximate surface area is 82.1 Å². The summed E-state index contributed by atoms with van der Waals surface area (Å²) in [6.07, 6.45) is 8.34. The maximum atomic E-state index is 6.35. The van der Waals surface area contributed by atoms with Gasteiger partial charge >= 0.3 is 0 Å². The molecule has 0 spiro atoms. The lowest BCUT2D eigenvalue weighted by Crippen LogP contribution is -2.31. The minimum absolute atomic E-state index is 0.273. The maximum Gasteiger partial charge on any atom is 0.0189 e. The molecule has 2 rings (SSSR count). The molecule has 0 saturated heterocycles. The smallest absolute Gasteiger partial charge is 0.0189 e. The molecule has 2 unspecified atom stereocenters. The van der Waals surface area contributed by atoms with Crippen LogP contribution in [0.25, 0.3) is 0 Å². The van der Waals surface area contributed by atoms with Crippen molar-refractivity contribution in [3.63, 3.8) is 0 Å². The first-order chi connectivity index (χ1) is 6.10. The van der Waals surface area contributed by atoms with Gasteiger partial charge in [0.25, 0.3) is 0 Å². The molecule has 0 aromatic carbocycles. The highest BCUT2D eigenvalue weighted by Crippen LogP contribution is 2.51. The van der Waals surface area contributed by atoms with Crippen molar-refractivity contribution in [1.82, 2.24) is 0 Å². The predicted octanol–water partition coefficient (Wildman–Crippen LogP) is 2.94. The molecule has 1 nitrogen and oxygen atoms in total. The van der Waals surface area contributed by atoms with Crippen LogP contribution in [0.1, 0.15) is 52.4 Å². The minimum Gasteiger partial charge on any atom is -0.325 e. The van der Waals surface area contributed by atoms with Crippen LogP contribution in [0.15, 0.2) is 0 Å². The maximum absolute atomic E-state index is 6.35. The molecule has 2 N–H and O–H groups in total. The zero-order valence-electron chi connectivity index (χ0n) is 9.05. The summed E-state index contributed by atoms with van der Waals surface area (Å²) >= 11 is 0. The summed E-state index contributed by atoms with van der Waals surface area (Å²) in [5.74, 6) is 2.67. The van der Waals surface area contributed by atoms with Gasteiger partial charge < -0.3 is 5.73 Å². The van der Waals surface area contributed by atoms with Gasteiger partial charge in [0.1, 0.15) is 0 Å². The standard InChI is InChI=1S/C12H23N/c1-9(2)6-11-8-12(11,13)7-10-4-3-5-10/h9-11H,3-8,13H2,1-2H3. The second kappa shape index (κ2) is 3.27. The number of hydrogen-bond donors (Lipinski definition) is 1. The second-order valence-electron chi connectivity index (χ2n) is 5.76. The van der Waals surface area contributed by atoms with E-state index in [4.69, 9.17) is 5.73 Å². The molecule has 2 atom stereocenters. The van der Waals surface area contributed by atoms with E-state index < -0.39 is 0 Å². The van der Waals surface area contributed by atoms with Crippen LogP contribution >= 0.6 is 0 Å². The van der Waals surface area contributed by atoms with Gasteiger partial charge in [0.05, 0.1) is 0 Å². The van der Waals surface area contributed by atoms with Gasteiger partial charge in [-0.05, 0) is 37.0 Å². The van der Waals surface area contributed by atoms with Crippen molar-refractivity contribution >= 4 is 0 Å². The van der Waals surface area contributed by atoms with Crippen LogP contribution < -0.4 is 5.73 Å². The Morgan fingerprint density at radius 3 is 2.54 bits per heavy atom. The van der Waals surface area contributed by atoms with Crippen LogP contribution in [0.2, 0.25) is 0 Å². The fraction of sp³-hybridized carbons (Fsp3) is 1.00. The van der Waals surface area contributed by atoms with Crippen LogP contribution in [-0.2, 0) is 0 Å². The molecule has 0 radical (unpaired) electrons. The number of rotatable bonds is 4. The van der Waals surface area contributed by atoms with Crippen LogP contribution in [-0.4, -0.2) is 5.54 Å². The van der Waals surface area contributed by atoms with Gasteiger partial charge in [0.15, 0.2) is 0 Å². The van der Waals surface area contributed by atoms with Crippen LogP contribution in [0, 0.1) is 17.8 Å². The van der Waals surface area contributed by atoms with Crippen LogP contribution in [0.4, 0.5) is 0 Å². The summed E-state index contributed by atoms with van der Waals surface area (Å²) in [6, 6.07) is 0. The first kappa shape index (κ1) is 9.51. The summed E-state index contributed by atoms with van der Waals surface area (Å²) < 4.78 is 0. The zero-order valence-corrected chi connectivity index (χ0v) is 9.05. The molecule has 0 aromatic heterocycles. The topological polar surface area (TPSA) is 26.0 Å². The average molecular weight is 181 g/mol. The minimum atomic E-state index is 0.273. The lowest BCUT2D eigenvalue weighted by Gasteiger charge is -2.28. The molecule has 2 aliphatic carbocycles. The lowest BCUT2D eigenvalue weighted by atomic mass is 9.79. The fourth-order valence-corrected chi connectivity index (χ4v) is 2.77. The largest absolute Gasteiger partial charge is 0.325 e. The fourth-order valence-electron chi connectivity index (χ4n) is 2.77. The Balaban J connectivity index is 1.73. The zero-order chi connectivity index (χ0) is 9.47. The molecule has 2 aliphatic rings. The Hall–Kier alpha value is -0.0400. The van der Waals surface area contributed by atoms with E-state index >= 15 is 0 Å². The third-order valence-corrected chi connectivity index (χ3v) is 3.93. The Morgan fingerprint density at radius 2 is 2.08 bits per heavy atom. The molecule has 0 heterocycles. The van der Waals surface area contributed by atoms with Gasteiger partial charge in [-0.1, -0.05) is 33.1 Å². The monoisotopic (exact) mass is 181 g/mol. The normalized spacial score (nSPS) is 39.2. The highest BCUT2D eigenvalue weighted by atomic mass is 14.9. The quantitative estimate of drug-likeness (QED) is 0.709. The van der Waals surface area contributed by atoms with E-state index in [0.29, 0.717) is 0 Å². The van der Waals surface area contributed by atoms with Crippen molar-refractivity contribution in [2.45, 2.75) is 57.9 Å². The van der Waals surface area contributed by atoms with E-state index in [1.54, 1.807) is 0 Å². The highest BCUT2D eigenvalue weighted by molar-refractivity contribution is 5.09.